The second-order valence-electron chi connectivity index (χ2n) is 3.24. The Bertz CT molecular complexity index is 285. The van der Waals surface area contributed by atoms with E-state index in [1.165, 1.54) is 11.8 Å². The predicted octanol–water partition coefficient (Wildman–Crippen LogP) is 2.12. The Hall–Kier alpha value is 0.610. The van der Waals surface area contributed by atoms with E-state index in [4.69, 9.17) is 39.5 Å². The summed E-state index contributed by atoms with van der Waals surface area (Å²) in [5, 5.41) is 13.4. The number of aliphatic imine (C=N–C) groups is 1. The Kier molecular flexibility index (Phi) is 5.04. The van der Waals surface area contributed by atoms with Gasteiger partial charge in [-0.2, -0.15) is 0 Å². The number of ether oxygens (including phenoxy) is 1. The quantitative estimate of drug-likeness (QED) is 0.767. The molecule has 1 aliphatic rings. The Balaban J connectivity index is 2.89. The lowest BCUT2D eigenvalue weighted by Gasteiger charge is -2.40. The molecule has 0 saturated heterocycles. The van der Waals surface area contributed by atoms with Crippen LogP contribution in [0.2, 0.25) is 0 Å². The molecule has 4 nitrogen and oxygen atoms in total. The third-order valence-corrected chi connectivity index (χ3v) is 3.60. The van der Waals surface area contributed by atoms with Crippen molar-refractivity contribution in [1.82, 2.24) is 5.32 Å². The van der Waals surface area contributed by atoms with Gasteiger partial charge in [-0.25, -0.2) is 4.99 Å². The van der Waals surface area contributed by atoms with Crippen LogP contribution in [0.1, 0.15) is 13.3 Å². The minimum atomic E-state index is -1.85. The first-order valence-electron chi connectivity index (χ1n) is 4.63. The second kappa shape index (κ2) is 5.50. The van der Waals surface area contributed by atoms with E-state index in [0.717, 1.165) is 0 Å². The minimum Gasteiger partial charge on any atom is -0.367 e. The van der Waals surface area contributed by atoms with Gasteiger partial charge in [-0.3, -0.25) is 0 Å². The lowest BCUT2D eigenvalue weighted by atomic mass is 10.1. The van der Waals surface area contributed by atoms with E-state index in [2.05, 4.69) is 10.3 Å². The molecule has 8 heteroatoms. The molecule has 2 atom stereocenters. The average molecular weight is 308 g/mol. The monoisotopic (exact) mass is 306 g/mol. The third-order valence-electron chi connectivity index (χ3n) is 2.07. The van der Waals surface area contributed by atoms with Gasteiger partial charge in [0, 0.05) is 13.0 Å². The molecule has 0 radical (unpaired) electrons. The van der Waals surface area contributed by atoms with Crippen molar-refractivity contribution in [2.24, 2.45) is 4.99 Å². The number of thioether (sulfide) groups is 1. The van der Waals surface area contributed by atoms with Gasteiger partial charge >= 0.3 is 0 Å². The van der Waals surface area contributed by atoms with Crippen molar-refractivity contribution < 1.29 is 9.84 Å². The molecule has 1 rings (SSSR count). The maximum absolute atomic E-state index is 10.2. The predicted molar refractivity (Wildman–Crippen MR) is 69.4 cm³/mol. The first kappa shape index (κ1) is 14.7. The van der Waals surface area contributed by atoms with Gasteiger partial charge in [-0.1, -0.05) is 46.6 Å². The summed E-state index contributed by atoms with van der Waals surface area (Å²) < 4.78 is 3.48. The fourth-order valence-corrected chi connectivity index (χ4v) is 2.14. The van der Waals surface area contributed by atoms with E-state index in [1.807, 2.05) is 6.92 Å². The molecule has 2 N–H and O–H groups in total. The summed E-state index contributed by atoms with van der Waals surface area (Å²) in [7, 11) is 0. The van der Waals surface area contributed by atoms with Crippen LogP contribution >= 0.6 is 46.6 Å². The van der Waals surface area contributed by atoms with Gasteiger partial charge in [-0.05, 0) is 13.2 Å². The van der Waals surface area contributed by atoms with Crippen molar-refractivity contribution in [1.29, 1.82) is 0 Å². The Labute approximate surface area is 114 Å². The zero-order valence-corrected chi connectivity index (χ0v) is 11.9. The van der Waals surface area contributed by atoms with Crippen LogP contribution in [-0.4, -0.2) is 38.9 Å². The molecule has 0 spiro atoms. The third kappa shape index (κ3) is 3.31. The summed E-state index contributed by atoms with van der Waals surface area (Å²) in [6.07, 6.45) is 1.38. The number of nitrogens with zero attached hydrogens (tertiary/aromatic N) is 1. The van der Waals surface area contributed by atoms with Crippen molar-refractivity contribution in [3.05, 3.63) is 0 Å². The van der Waals surface area contributed by atoms with Crippen LogP contribution < -0.4 is 5.32 Å². The largest absolute Gasteiger partial charge is 0.367 e. The van der Waals surface area contributed by atoms with Crippen molar-refractivity contribution in [3.63, 3.8) is 0 Å². The van der Waals surface area contributed by atoms with Crippen LogP contribution in [0.15, 0.2) is 4.99 Å². The molecular formula is C8H13Cl3N2O2S. The van der Waals surface area contributed by atoms with Crippen LogP contribution in [0.25, 0.3) is 0 Å². The minimum absolute atomic E-state index is 0.0847. The van der Waals surface area contributed by atoms with Crippen molar-refractivity contribution in [2.75, 3.05) is 12.9 Å². The highest BCUT2D eigenvalue weighted by Crippen LogP contribution is 2.41. The zero-order chi connectivity index (χ0) is 12.4. The molecule has 0 aromatic rings. The van der Waals surface area contributed by atoms with Crippen molar-refractivity contribution >= 4 is 51.7 Å². The van der Waals surface area contributed by atoms with E-state index < -0.39 is 15.7 Å². The molecule has 16 heavy (non-hydrogen) atoms. The number of hydrogen-bond donors (Lipinski definition) is 2. The number of aliphatic hydroxyl groups is 1. The zero-order valence-electron chi connectivity index (χ0n) is 8.84. The molecule has 0 saturated carbocycles. The number of hydrogen-bond acceptors (Lipinski definition) is 5. The molecule has 0 amide bonds. The van der Waals surface area contributed by atoms with Crippen LogP contribution in [0.4, 0.5) is 0 Å². The van der Waals surface area contributed by atoms with Crippen LogP contribution in [0, 0.1) is 0 Å². The molecular weight excluding hydrogens is 295 g/mol. The summed E-state index contributed by atoms with van der Waals surface area (Å²) in [4.78, 5) is 4.21. The Morgan fingerprint density at radius 3 is 2.75 bits per heavy atom. The molecule has 1 heterocycles. The van der Waals surface area contributed by atoms with Gasteiger partial charge in [0.1, 0.15) is 0 Å². The summed E-state index contributed by atoms with van der Waals surface area (Å²) in [6, 6.07) is 0. The Morgan fingerprint density at radius 2 is 2.31 bits per heavy atom. The van der Waals surface area contributed by atoms with Gasteiger partial charge in [0.2, 0.25) is 3.79 Å². The molecule has 0 aromatic carbocycles. The number of rotatable bonds is 2. The average Bonchev–Trinajstić information content (AvgIpc) is 2.15. The van der Waals surface area contributed by atoms with Crippen LogP contribution in [-0.2, 0) is 4.74 Å². The highest BCUT2D eigenvalue weighted by Gasteiger charge is 2.51. The molecule has 0 bridgehead atoms. The van der Waals surface area contributed by atoms with E-state index >= 15 is 0 Å². The highest BCUT2D eigenvalue weighted by molar-refractivity contribution is 8.13. The normalized spacial score (nSPS) is 30.9. The lowest BCUT2D eigenvalue weighted by Crippen LogP contribution is -2.61. The van der Waals surface area contributed by atoms with Crippen molar-refractivity contribution in [2.45, 2.75) is 29.1 Å². The molecule has 94 valence electrons. The van der Waals surface area contributed by atoms with E-state index in [-0.39, 0.29) is 6.42 Å². The molecule has 0 unspecified atom stereocenters. The SMILES string of the molecule is CCO[C@H]1C[C@@](O)(C(Cl)(Cl)Cl)NC(SC)=N1. The standard InChI is InChI=1S/C8H13Cl3N2O2S/c1-3-15-5-4-7(14,8(9,10)11)13-6(12-5)16-2/h5,14H,3-4H2,1-2H3,(H,12,13)/t5-,7+/m0/s1. The van der Waals surface area contributed by atoms with Gasteiger partial charge in [0.05, 0.1) is 0 Å². The maximum Gasteiger partial charge on any atom is 0.237 e. The summed E-state index contributed by atoms with van der Waals surface area (Å²) >= 11 is 18.5. The number of amidine groups is 1. The van der Waals surface area contributed by atoms with E-state index in [1.54, 1.807) is 6.26 Å². The highest BCUT2D eigenvalue weighted by atomic mass is 35.6. The smallest absolute Gasteiger partial charge is 0.237 e. The van der Waals surface area contributed by atoms with E-state index in [0.29, 0.717) is 11.8 Å². The maximum atomic E-state index is 10.2. The lowest BCUT2D eigenvalue weighted by molar-refractivity contribution is -0.0484. The number of alkyl halides is 3. The summed E-state index contributed by atoms with van der Waals surface area (Å²) in [6.45, 7) is 2.32. The molecule has 0 aromatic heterocycles. The van der Waals surface area contributed by atoms with Crippen molar-refractivity contribution in [3.8, 4) is 0 Å². The Morgan fingerprint density at radius 1 is 1.69 bits per heavy atom. The second-order valence-corrected chi connectivity index (χ2v) is 6.31. The number of nitrogens with one attached hydrogen (secondary N) is 1. The van der Waals surface area contributed by atoms with Crippen LogP contribution in [0.3, 0.4) is 0 Å². The first-order valence-corrected chi connectivity index (χ1v) is 6.99. The van der Waals surface area contributed by atoms with Crippen LogP contribution in [0.5, 0.6) is 0 Å². The topological polar surface area (TPSA) is 53.9 Å². The fraction of sp³-hybridized carbons (Fsp3) is 0.875. The molecule has 0 fully saturated rings. The van der Waals surface area contributed by atoms with Gasteiger partial charge in [0.15, 0.2) is 17.1 Å². The molecule has 0 aliphatic carbocycles. The van der Waals surface area contributed by atoms with E-state index in [9.17, 15) is 5.11 Å². The number of halogens is 3. The summed E-state index contributed by atoms with van der Waals surface area (Å²) in [5.74, 6) is 0. The molecule has 1 aliphatic heterocycles. The van der Waals surface area contributed by atoms with Gasteiger partial charge < -0.3 is 15.2 Å². The summed E-state index contributed by atoms with van der Waals surface area (Å²) in [5.41, 5.74) is -1.67. The fourth-order valence-electron chi connectivity index (χ4n) is 1.27. The van der Waals surface area contributed by atoms with Gasteiger partial charge in [0.25, 0.3) is 0 Å². The first-order chi connectivity index (χ1) is 7.32. The van der Waals surface area contributed by atoms with Gasteiger partial charge in [-0.15, -0.1) is 0 Å².